The van der Waals surface area contributed by atoms with E-state index in [1.165, 1.54) is 29.9 Å². The lowest BCUT2D eigenvalue weighted by Crippen LogP contribution is -2.00. The first-order chi connectivity index (χ1) is 8.84. The Morgan fingerprint density at radius 2 is 1.78 bits per heavy atom. The van der Waals surface area contributed by atoms with Gasteiger partial charge in [0, 0.05) is 0 Å². The molecule has 0 spiro atoms. The fourth-order valence-electron chi connectivity index (χ4n) is 1.66. The fraction of sp³-hybridized carbons (Fsp3) is 0.600. The number of hydrogen-bond donors (Lipinski definition) is 1. The molecule has 0 amide bonds. The molecule has 2 nitrogen and oxygen atoms in total. The van der Waals surface area contributed by atoms with Crippen LogP contribution in [0.5, 0.6) is 5.75 Å². The van der Waals surface area contributed by atoms with Gasteiger partial charge in [-0.05, 0) is 62.3 Å². The van der Waals surface area contributed by atoms with Crippen LogP contribution in [0.2, 0.25) is 0 Å². The standard InChI is InChI=1S/C15H25NOS/c1-14-8-2-3-9-15(14)17-11-5-7-13-18-12-6-4-10-16/h2-3,8-9H,4-7,10-13,16H2,1H3. The van der Waals surface area contributed by atoms with Gasteiger partial charge in [0.1, 0.15) is 5.75 Å². The summed E-state index contributed by atoms with van der Waals surface area (Å²) in [5.41, 5.74) is 6.67. The normalized spacial score (nSPS) is 10.6. The Morgan fingerprint density at radius 1 is 1.06 bits per heavy atom. The Balaban J connectivity index is 1.94. The Kier molecular flexibility index (Phi) is 8.78. The molecule has 0 aliphatic rings. The van der Waals surface area contributed by atoms with Crippen LogP contribution in [0.15, 0.2) is 24.3 Å². The highest BCUT2D eigenvalue weighted by atomic mass is 32.2. The summed E-state index contributed by atoms with van der Waals surface area (Å²) in [6.45, 7) is 3.74. The maximum absolute atomic E-state index is 5.76. The molecule has 3 heteroatoms. The third kappa shape index (κ3) is 6.92. The van der Waals surface area contributed by atoms with Crippen molar-refractivity contribution in [3.8, 4) is 5.75 Å². The Bertz CT molecular complexity index is 317. The minimum absolute atomic E-state index is 0.824. The van der Waals surface area contributed by atoms with Crippen LogP contribution >= 0.6 is 11.8 Å². The smallest absolute Gasteiger partial charge is 0.122 e. The highest BCUT2D eigenvalue weighted by Crippen LogP contribution is 2.16. The minimum atomic E-state index is 0.824. The number of hydrogen-bond acceptors (Lipinski definition) is 3. The molecule has 0 fully saturated rings. The summed E-state index contributed by atoms with van der Waals surface area (Å²) in [5.74, 6) is 3.51. The summed E-state index contributed by atoms with van der Waals surface area (Å²) >= 11 is 2.03. The summed E-state index contributed by atoms with van der Waals surface area (Å²) in [5, 5.41) is 0. The van der Waals surface area contributed by atoms with Crippen molar-refractivity contribution in [3.05, 3.63) is 29.8 Å². The lowest BCUT2D eigenvalue weighted by Gasteiger charge is -2.08. The number of para-hydroxylation sites is 1. The SMILES string of the molecule is Cc1ccccc1OCCCCSCCCCN. The number of aryl methyl sites for hydroxylation is 1. The largest absolute Gasteiger partial charge is 0.493 e. The Morgan fingerprint density at radius 3 is 2.50 bits per heavy atom. The zero-order valence-corrected chi connectivity index (χ0v) is 12.2. The van der Waals surface area contributed by atoms with Gasteiger partial charge in [-0.15, -0.1) is 0 Å². The van der Waals surface area contributed by atoms with E-state index in [0.29, 0.717) is 0 Å². The zero-order valence-electron chi connectivity index (χ0n) is 11.4. The molecule has 102 valence electrons. The topological polar surface area (TPSA) is 35.2 Å². The van der Waals surface area contributed by atoms with Gasteiger partial charge in [0.2, 0.25) is 0 Å². The van der Waals surface area contributed by atoms with Crippen molar-refractivity contribution in [2.45, 2.75) is 32.6 Å². The minimum Gasteiger partial charge on any atom is -0.493 e. The molecule has 18 heavy (non-hydrogen) atoms. The van der Waals surface area contributed by atoms with E-state index >= 15 is 0 Å². The number of unbranched alkanes of at least 4 members (excludes halogenated alkanes) is 2. The molecule has 0 aliphatic heterocycles. The summed E-state index contributed by atoms with van der Waals surface area (Å²) in [7, 11) is 0. The first kappa shape index (κ1) is 15.4. The fourth-order valence-corrected chi connectivity index (χ4v) is 2.68. The summed E-state index contributed by atoms with van der Waals surface area (Å²) in [4.78, 5) is 0. The van der Waals surface area contributed by atoms with Gasteiger partial charge in [-0.1, -0.05) is 18.2 Å². The third-order valence-corrected chi connectivity index (χ3v) is 3.93. The average Bonchev–Trinajstić information content (AvgIpc) is 2.39. The van der Waals surface area contributed by atoms with Crippen LogP contribution in [0.3, 0.4) is 0 Å². The summed E-state index contributed by atoms with van der Waals surface area (Å²) < 4.78 is 5.76. The highest BCUT2D eigenvalue weighted by molar-refractivity contribution is 7.99. The first-order valence-electron chi connectivity index (χ1n) is 6.81. The van der Waals surface area contributed by atoms with E-state index in [1.54, 1.807) is 0 Å². The van der Waals surface area contributed by atoms with E-state index in [4.69, 9.17) is 10.5 Å². The van der Waals surface area contributed by atoms with Crippen LogP contribution in [0.1, 0.15) is 31.2 Å². The molecule has 1 aromatic carbocycles. The predicted molar refractivity (Wildman–Crippen MR) is 81.5 cm³/mol. The molecular weight excluding hydrogens is 242 g/mol. The lowest BCUT2D eigenvalue weighted by atomic mass is 10.2. The molecule has 1 aromatic rings. The van der Waals surface area contributed by atoms with E-state index in [1.807, 2.05) is 30.0 Å². The third-order valence-electron chi connectivity index (χ3n) is 2.78. The van der Waals surface area contributed by atoms with Gasteiger partial charge in [0.15, 0.2) is 0 Å². The molecule has 0 aromatic heterocycles. The van der Waals surface area contributed by atoms with Crippen LogP contribution in [0, 0.1) is 6.92 Å². The number of benzene rings is 1. The van der Waals surface area contributed by atoms with Crippen molar-refractivity contribution >= 4 is 11.8 Å². The van der Waals surface area contributed by atoms with Crippen molar-refractivity contribution in [2.24, 2.45) is 5.73 Å². The van der Waals surface area contributed by atoms with E-state index in [0.717, 1.165) is 31.7 Å². The predicted octanol–water partition coefficient (Wildman–Crippen LogP) is 3.63. The van der Waals surface area contributed by atoms with Crippen molar-refractivity contribution in [3.63, 3.8) is 0 Å². The van der Waals surface area contributed by atoms with Crippen molar-refractivity contribution in [1.82, 2.24) is 0 Å². The van der Waals surface area contributed by atoms with Crippen LogP contribution in [0.4, 0.5) is 0 Å². The molecule has 0 aliphatic carbocycles. The maximum atomic E-state index is 5.76. The molecule has 1 rings (SSSR count). The van der Waals surface area contributed by atoms with Crippen LogP contribution in [0.25, 0.3) is 0 Å². The molecule has 0 saturated heterocycles. The quantitative estimate of drug-likeness (QED) is 0.658. The molecule has 0 atom stereocenters. The van der Waals surface area contributed by atoms with Gasteiger partial charge in [0.05, 0.1) is 6.61 Å². The Hall–Kier alpha value is -0.670. The number of nitrogens with two attached hydrogens (primary N) is 1. The van der Waals surface area contributed by atoms with Gasteiger partial charge >= 0.3 is 0 Å². The highest BCUT2D eigenvalue weighted by Gasteiger charge is 1.97. The number of ether oxygens (including phenoxy) is 1. The molecule has 0 heterocycles. The second-order valence-corrected chi connectivity index (χ2v) is 5.65. The Labute approximate surface area is 115 Å². The molecule has 0 bridgehead atoms. The van der Waals surface area contributed by atoms with Gasteiger partial charge < -0.3 is 10.5 Å². The second-order valence-electron chi connectivity index (χ2n) is 4.43. The summed E-state index contributed by atoms with van der Waals surface area (Å²) in [6, 6.07) is 8.19. The van der Waals surface area contributed by atoms with Gasteiger partial charge in [0.25, 0.3) is 0 Å². The van der Waals surface area contributed by atoms with Crippen LogP contribution in [-0.4, -0.2) is 24.7 Å². The van der Waals surface area contributed by atoms with E-state index in [9.17, 15) is 0 Å². The van der Waals surface area contributed by atoms with Gasteiger partial charge in [-0.3, -0.25) is 0 Å². The van der Waals surface area contributed by atoms with Crippen molar-refractivity contribution in [2.75, 3.05) is 24.7 Å². The zero-order chi connectivity index (χ0) is 13.1. The van der Waals surface area contributed by atoms with E-state index in [2.05, 4.69) is 13.0 Å². The van der Waals surface area contributed by atoms with Crippen LogP contribution in [-0.2, 0) is 0 Å². The molecule has 0 saturated carbocycles. The van der Waals surface area contributed by atoms with Crippen LogP contribution < -0.4 is 10.5 Å². The lowest BCUT2D eigenvalue weighted by molar-refractivity contribution is 0.308. The van der Waals surface area contributed by atoms with E-state index < -0.39 is 0 Å². The van der Waals surface area contributed by atoms with E-state index in [-0.39, 0.29) is 0 Å². The average molecular weight is 267 g/mol. The molecule has 2 N–H and O–H groups in total. The summed E-state index contributed by atoms with van der Waals surface area (Å²) in [6.07, 6.45) is 4.78. The number of rotatable bonds is 10. The maximum Gasteiger partial charge on any atom is 0.122 e. The molecule has 0 unspecified atom stereocenters. The second kappa shape index (κ2) is 10.3. The van der Waals surface area contributed by atoms with Crippen molar-refractivity contribution < 1.29 is 4.74 Å². The van der Waals surface area contributed by atoms with Crippen molar-refractivity contribution in [1.29, 1.82) is 0 Å². The number of thioether (sulfide) groups is 1. The monoisotopic (exact) mass is 267 g/mol. The molecule has 0 radical (unpaired) electrons. The first-order valence-corrected chi connectivity index (χ1v) is 7.96. The van der Waals surface area contributed by atoms with Gasteiger partial charge in [-0.2, -0.15) is 11.8 Å². The molecular formula is C15H25NOS. The van der Waals surface area contributed by atoms with Gasteiger partial charge in [-0.25, -0.2) is 0 Å².